The molecule has 1 N–H and O–H groups in total. The molecule has 1 aromatic rings. The summed E-state index contributed by atoms with van der Waals surface area (Å²) in [6.07, 6.45) is 0.118. The van der Waals surface area contributed by atoms with E-state index >= 15 is 0 Å². The molecule has 84 valence electrons. The third-order valence-corrected chi connectivity index (χ3v) is 2.51. The molecule has 0 atom stereocenters. The minimum atomic E-state index is -0.772. The van der Waals surface area contributed by atoms with E-state index in [2.05, 4.69) is 0 Å². The highest BCUT2D eigenvalue weighted by Gasteiger charge is 2.06. The topological polar surface area (TPSA) is 37.3 Å². The SMILES string of the molecule is CC.Cc1ccc(CC(=O)O)c(C)c1C. The first kappa shape index (κ1) is 13.7. The van der Waals surface area contributed by atoms with Crippen LogP contribution in [0.1, 0.15) is 36.1 Å². The zero-order valence-corrected chi connectivity index (χ0v) is 10.2. The summed E-state index contributed by atoms with van der Waals surface area (Å²) in [5, 5.41) is 8.65. The van der Waals surface area contributed by atoms with E-state index in [-0.39, 0.29) is 6.42 Å². The minimum Gasteiger partial charge on any atom is -0.481 e. The van der Waals surface area contributed by atoms with Crippen molar-refractivity contribution in [1.29, 1.82) is 0 Å². The predicted molar refractivity (Wildman–Crippen MR) is 63.3 cm³/mol. The van der Waals surface area contributed by atoms with Gasteiger partial charge in [0, 0.05) is 0 Å². The Morgan fingerprint density at radius 3 is 2.13 bits per heavy atom. The molecule has 1 rings (SSSR count). The van der Waals surface area contributed by atoms with Crippen LogP contribution in [-0.2, 0) is 11.2 Å². The summed E-state index contributed by atoms with van der Waals surface area (Å²) in [5.41, 5.74) is 4.42. The van der Waals surface area contributed by atoms with Gasteiger partial charge in [-0.05, 0) is 43.0 Å². The van der Waals surface area contributed by atoms with Gasteiger partial charge in [-0.15, -0.1) is 0 Å². The quantitative estimate of drug-likeness (QED) is 0.810. The number of carbonyl (C=O) groups is 1. The van der Waals surface area contributed by atoms with Crippen LogP contribution in [0, 0.1) is 20.8 Å². The number of hydrogen-bond acceptors (Lipinski definition) is 1. The van der Waals surface area contributed by atoms with Crippen LogP contribution < -0.4 is 0 Å². The first-order valence-corrected chi connectivity index (χ1v) is 5.30. The van der Waals surface area contributed by atoms with Gasteiger partial charge < -0.3 is 5.11 Å². The smallest absolute Gasteiger partial charge is 0.307 e. The first-order chi connectivity index (χ1) is 7.02. The molecule has 0 aliphatic heterocycles. The largest absolute Gasteiger partial charge is 0.481 e. The molecular formula is C13H20O2. The van der Waals surface area contributed by atoms with Gasteiger partial charge in [0.2, 0.25) is 0 Å². The highest BCUT2D eigenvalue weighted by Crippen LogP contribution is 2.17. The molecule has 0 bridgehead atoms. The van der Waals surface area contributed by atoms with Crippen molar-refractivity contribution >= 4 is 5.97 Å². The van der Waals surface area contributed by atoms with Gasteiger partial charge in [0.05, 0.1) is 6.42 Å². The van der Waals surface area contributed by atoms with Gasteiger partial charge in [0.1, 0.15) is 0 Å². The van der Waals surface area contributed by atoms with E-state index in [4.69, 9.17) is 5.11 Å². The number of carboxylic acids is 1. The molecule has 0 saturated heterocycles. The van der Waals surface area contributed by atoms with Crippen molar-refractivity contribution < 1.29 is 9.90 Å². The van der Waals surface area contributed by atoms with E-state index in [0.717, 1.165) is 11.1 Å². The summed E-state index contributed by atoms with van der Waals surface area (Å²) in [6, 6.07) is 3.87. The molecule has 0 spiro atoms. The highest BCUT2D eigenvalue weighted by atomic mass is 16.4. The van der Waals surface area contributed by atoms with E-state index in [0.29, 0.717) is 0 Å². The average Bonchev–Trinajstić information content (AvgIpc) is 2.22. The second-order valence-electron chi connectivity index (χ2n) is 3.36. The molecule has 0 aliphatic carbocycles. The van der Waals surface area contributed by atoms with Crippen LogP contribution in [0.2, 0.25) is 0 Å². The van der Waals surface area contributed by atoms with Gasteiger partial charge in [-0.3, -0.25) is 4.79 Å². The van der Waals surface area contributed by atoms with Crippen molar-refractivity contribution in [2.45, 2.75) is 41.0 Å². The number of aliphatic carboxylic acids is 1. The predicted octanol–water partition coefficient (Wildman–Crippen LogP) is 3.27. The molecule has 2 nitrogen and oxygen atoms in total. The molecule has 2 heteroatoms. The zero-order chi connectivity index (χ0) is 12.0. The van der Waals surface area contributed by atoms with Gasteiger partial charge in [-0.2, -0.15) is 0 Å². The van der Waals surface area contributed by atoms with Crippen molar-refractivity contribution in [2.24, 2.45) is 0 Å². The normalized spacial score (nSPS) is 9.13. The number of aryl methyl sites for hydroxylation is 1. The van der Waals surface area contributed by atoms with Gasteiger partial charge >= 0.3 is 5.97 Å². The number of carboxylic acid groups (broad SMARTS) is 1. The fraction of sp³-hybridized carbons (Fsp3) is 0.462. The molecule has 0 unspecified atom stereocenters. The fourth-order valence-electron chi connectivity index (χ4n) is 1.37. The Morgan fingerprint density at radius 2 is 1.67 bits per heavy atom. The Labute approximate surface area is 91.9 Å². The van der Waals surface area contributed by atoms with Crippen molar-refractivity contribution in [3.63, 3.8) is 0 Å². The summed E-state index contributed by atoms with van der Waals surface area (Å²) in [4.78, 5) is 10.5. The summed E-state index contributed by atoms with van der Waals surface area (Å²) in [6.45, 7) is 10.0. The Kier molecular flexibility index (Phi) is 5.68. The van der Waals surface area contributed by atoms with Crippen LogP contribution in [-0.4, -0.2) is 11.1 Å². The van der Waals surface area contributed by atoms with Crippen molar-refractivity contribution in [1.82, 2.24) is 0 Å². The minimum absolute atomic E-state index is 0.118. The van der Waals surface area contributed by atoms with E-state index in [1.165, 1.54) is 11.1 Å². The maximum atomic E-state index is 10.5. The molecule has 1 aromatic carbocycles. The lowest BCUT2D eigenvalue weighted by Gasteiger charge is -2.08. The number of hydrogen-bond donors (Lipinski definition) is 1. The average molecular weight is 208 g/mol. The van der Waals surface area contributed by atoms with E-state index in [1.807, 2.05) is 46.8 Å². The second-order valence-corrected chi connectivity index (χ2v) is 3.36. The molecular weight excluding hydrogens is 188 g/mol. The summed E-state index contributed by atoms with van der Waals surface area (Å²) in [7, 11) is 0. The van der Waals surface area contributed by atoms with Crippen molar-refractivity contribution in [2.75, 3.05) is 0 Å². The van der Waals surface area contributed by atoms with E-state index < -0.39 is 5.97 Å². The van der Waals surface area contributed by atoms with E-state index in [1.54, 1.807) is 0 Å². The third-order valence-electron chi connectivity index (χ3n) is 2.51. The van der Waals surface area contributed by atoms with Crippen LogP contribution in [0.4, 0.5) is 0 Å². The number of benzene rings is 1. The summed E-state index contributed by atoms with van der Waals surface area (Å²) in [5.74, 6) is -0.772. The number of rotatable bonds is 2. The van der Waals surface area contributed by atoms with Crippen LogP contribution in [0.25, 0.3) is 0 Å². The molecule has 0 aliphatic rings. The maximum Gasteiger partial charge on any atom is 0.307 e. The van der Waals surface area contributed by atoms with E-state index in [9.17, 15) is 4.79 Å². The highest BCUT2D eigenvalue weighted by molar-refractivity contribution is 5.71. The maximum absolute atomic E-state index is 10.5. The Morgan fingerprint density at radius 1 is 1.13 bits per heavy atom. The lowest BCUT2D eigenvalue weighted by atomic mass is 9.97. The van der Waals surface area contributed by atoms with Crippen LogP contribution in [0.5, 0.6) is 0 Å². The molecule has 0 aromatic heterocycles. The van der Waals surface area contributed by atoms with Gasteiger partial charge in [0.25, 0.3) is 0 Å². The Bertz CT molecular complexity index is 341. The first-order valence-electron chi connectivity index (χ1n) is 5.30. The Hall–Kier alpha value is -1.31. The summed E-state index contributed by atoms with van der Waals surface area (Å²) >= 11 is 0. The molecule has 0 fully saturated rings. The van der Waals surface area contributed by atoms with Gasteiger partial charge in [-0.1, -0.05) is 26.0 Å². The lowest BCUT2D eigenvalue weighted by molar-refractivity contribution is -0.136. The third kappa shape index (κ3) is 3.74. The van der Waals surface area contributed by atoms with Gasteiger partial charge in [-0.25, -0.2) is 0 Å². The second kappa shape index (κ2) is 6.23. The molecule has 0 amide bonds. The van der Waals surface area contributed by atoms with Crippen molar-refractivity contribution in [3.8, 4) is 0 Å². The molecule has 0 radical (unpaired) electrons. The fourth-order valence-corrected chi connectivity index (χ4v) is 1.37. The van der Waals surface area contributed by atoms with Crippen LogP contribution in [0.3, 0.4) is 0 Å². The van der Waals surface area contributed by atoms with Crippen LogP contribution >= 0.6 is 0 Å². The van der Waals surface area contributed by atoms with Crippen LogP contribution in [0.15, 0.2) is 12.1 Å². The monoisotopic (exact) mass is 208 g/mol. The zero-order valence-electron chi connectivity index (χ0n) is 10.2. The molecule has 0 heterocycles. The molecule has 0 saturated carbocycles. The Balaban J connectivity index is 0.000000921. The lowest BCUT2D eigenvalue weighted by Crippen LogP contribution is -2.03. The standard InChI is InChI=1S/C11H14O2.C2H6/c1-7-4-5-10(6-11(12)13)9(3)8(7)2;1-2/h4-5H,6H2,1-3H3,(H,12,13);1-2H3. The van der Waals surface area contributed by atoms with Gasteiger partial charge in [0.15, 0.2) is 0 Å². The van der Waals surface area contributed by atoms with Crippen molar-refractivity contribution in [3.05, 3.63) is 34.4 Å². The molecule has 15 heavy (non-hydrogen) atoms. The summed E-state index contributed by atoms with van der Waals surface area (Å²) < 4.78 is 0.